The van der Waals surface area contributed by atoms with Gasteiger partial charge < -0.3 is 9.64 Å². The van der Waals surface area contributed by atoms with Crippen molar-refractivity contribution in [3.8, 4) is 5.75 Å². The highest BCUT2D eigenvalue weighted by atomic mass is 32.2. The van der Waals surface area contributed by atoms with Crippen LogP contribution in [0.3, 0.4) is 0 Å². The number of hydrogen-bond donors (Lipinski definition) is 1. The van der Waals surface area contributed by atoms with Gasteiger partial charge in [-0.25, -0.2) is 13.1 Å². The zero-order valence-corrected chi connectivity index (χ0v) is 14.4. The molecule has 0 spiro atoms. The van der Waals surface area contributed by atoms with Gasteiger partial charge in [0.15, 0.2) is 0 Å². The molecule has 1 N–H and O–H groups in total. The van der Waals surface area contributed by atoms with Crippen molar-refractivity contribution in [1.82, 2.24) is 9.71 Å². The van der Waals surface area contributed by atoms with Crippen LogP contribution in [-0.2, 0) is 10.0 Å². The third-order valence-electron chi connectivity index (χ3n) is 4.42. The number of sulfonamides is 1. The first-order valence-electron chi connectivity index (χ1n) is 7.57. The number of hydrogen-bond acceptors (Lipinski definition) is 5. The fourth-order valence-corrected chi connectivity index (χ4v) is 4.34. The molecular formula is C16H21N3O3S. The molecule has 1 aromatic heterocycles. The Morgan fingerprint density at radius 1 is 1.39 bits per heavy atom. The van der Waals surface area contributed by atoms with E-state index in [4.69, 9.17) is 4.74 Å². The molecular weight excluding hydrogens is 314 g/mol. The van der Waals surface area contributed by atoms with Gasteiger partial charge in [-0.1, -0.05) is 12.1 Å². The molecule has 0 radical (unpaired) electrons. The molecule has 1 aliphatic rings. The summed E-state index contributed by atoms with van der Waals surface area (Å²) >= 11 is 0. The Morgan fingerprint density at radius 2 is 2.17 bits per heavy atom. The van der Waals surface area contributed by atoms with Crippen LogP contribution in [0.4, 0.5) is 5.69 Å². The van der Waals surface area contributed by atoms with Crippen molar-refractivity contribution in [2.75, 3.05) is 32.1 Å². The summed E-state index contributed by atoms with van der Waals surface area (Å²) in [5.41, 5.74) is 2.88. The average molecular weight is 335 g/mol. The fraction of sp³-hybridized carbons (Fsp3) is 0.438. The monoisotopic (exact) mass is 335 g/mol. The molecule has 3 rings (SSSR count). The minimum atomic E-state index is -3.25. The van der Waals surface area contributed by atoms with Gasteiger partial charge in [0.25, 0.3) is 0 Å². The summed E-state index contributed by atoms with van der Waals surface area (Å²) in [7, 11) is -0.155. The summed E-state index contributed by atoms with van der Waals surface area (Å²) < 4.78 is 31.9. The molecule has 0 amide bonds. The summed E-state index contributed by atoms with van der Waals surface area (Å²) in [5, 5.41) is 0.604. The Labute approximate surface area is 136 Å². The molecule has 124 valence electrons. The maximum Gasteiger partial charge on any atom is 0.216 e. The number of fused-ring (bicyclic) bond motifs is 1. The number of methoxy groups -OCH3 is 1. The molecule has 0 aliphatic carbocycles. The smallest absolute Gasteiger partial charge is 0.216 e. The number of para-hydroxylation sites is 1. The number of ether oxygens (including phenoxy) is 1. The van der Waals surface area contributed by atoms with Crippen LogP contribution in [0, 0.1) is 6.92 Å². The predicted molar refractivity (Wildman–Crippen MR) is 91.6 cm³/mol. The van der Waals surface area contributed by atoms with Crippen molar-refractivity contribution >= 4 is 26.6 Å². The second-order valence-corrected chi connectivity index (χ2v) is 7.92. The molecule has 1 unspecified atom stereocenters. The lowest BCUT2D eigenvalue weighted by Gasteiger charge is -2.23. The third-order valence-corrected chi connectivity index (χ3v) is 6.25. The number of aromatic nitrogens is 1. The van der Waals surface area contributed by atoms with E-state index in [0.717, 1.165) is 27.9 Å². The Morgan fingerprint density at radius 3 is 2.87 bits per heavy atom. The van der Waals surface area contributed by atoms with Gasteiger partial charge in [0.2, 0.25) is 10.0 Å². The van der Waals surface area contributed by atoms with Crippen molar-refractivity contribution < 1.29 is 13.2 Å². The van der Waals surface area contributed by atoms with E-state index in [2.05, 4.69) is 14.6 Å². The molecule has 0 saturated carbocycles. The first-order chi connectivity index (χ1) is 11.0. The fourth-order valence-electron chi connectivity index (χ4n) is 3.22. The zero-order valence-electron chi connectivity index (χ0n) is 13.5. The molecule has 1 saturated heterocycles. The number of benzene rings is 1. The van der Waals surface area contributed by atoms with E-state index in [1.54, 1.807) is 7.11 Å². The highest BCUT2D eigenvalue weighted by molar-refractivity contribution is 7.90. The van der Waals surface area contributed by atoms with Crippen molar-refractivity contribution in [1.29, 1.82) is 0 Å². The minimum absolute atomic E-state index is 0.388. The van der Waals surface area contributed by atoms with Crippen molar-refractivity contribution in [2.45, 2.75) is 18.6 Å². The van der Waals surface area contributed by atoms with Crippen LogP contribution in [0.5, 0.6) is 5.75 Å². The van der Waals surface area contributed by atoms with E-state index in [0.29, 0.717) is 19.5 Å². The van der Waals surface area contributed by atoms with E-state index in [1.807, 2.05) is 31.3 Å². The highest BCUT2D eigenvalue weighted by Gasteiger charge is 2.33. The number of nitrogens with zero attached hydrogens (tertiary/aromatic N) is 2. The summed E-state index contributed by atoms with van der Waals surface area (Å²) in [6, 6.07) is 5.82. The lowest BCUT2D eigenvalue weighted by molar-refractivity contribution is 0.419. The molecule has 23 heavy (non-hydrogen) atoms. The largest absolute Gasteiger partial charge is 0.494 e. The molecule has 1 aromatic carbocycles. The molecule has 7 heteroatoms. The van der Waals surface area contributed by atoms with E-state index in [9.17, 15) is 8.42 Å². The maximum absolute atomic E-state index is 12.1. The van der Waals surface area contributed by atoms with Gasteiger partial charge in [0.1, 0.15) is 11.3 Å². The first kappa shape index (κ1) is 16.0. The van der Waals surface area contributed by atoms with Crippen LogP contribution in [0.2, 0.25) is 0 Å². The van der Waals surface area contributed by atoms with Gasteiger partial charge in [-0.2, -0.15) is 0 Å². The SMILES string of the molecule is CNS(=O)(=O)C1CCN(c2c(C)cnc3c(OC)cccc23)C1. The normalized spacial score (nSPS) is 18.6. The second-order valence-electron chi connectivity index (χ2n) is 5.75. The highest BCUT2D eigenvalue weighted by Crippen LogP contribution is 2.35. The van der Waals surface area contributed by atoms with Crippen LogP contribution >= 0.6 is 0 Å². The van der Waals surface area contributed by atoms with E-state index in [1.165, 1.54) is 7.05 Å². The first-order valence-corrected chi connectivity index (χ1v) is 9.12. The maximum atomic E-state index is 12.1. The number of nitrogens with one attached hydrogen (secondary N) is 1. The predicted octanol–water partition coefficient (Wildman–Crippen LogP) is 1.68. The minimum Gasteiger partial charge on any atom is -0.494 e. The number of aryl methyl sites for hydroxylation is 1. The summed E-state index contributed by atoms with van der Waals surface area (Å²) in [5.74, 6) is 0.724. The lowest BCUT2D eigenvalue weighted by atomic mass is 10.1. The van der Waals surface area contributed by atoms with Gasteiger partial charge in [-0.15, -0.1) is 0 Å². The van der Waals surface area contributed by atoms with Crippen LogP contribution in [0.1, 0.15) is 12.0 Å². The second kappa shape index (κ2) is 5.98. The van der Waals surface area contributed by atoms with Gasteiger partial charge in [-0.05, 0) is 32.0 Å². The third kappa shape index (κ3) is 2.74. The molecule has 0 bridgehead atoms. The summed E-state index contributed by atoms with van der Waals surface area (Å²) in [6.45, 7) is 3.20. The number of anilines is 1. The van der Waals surface area contributed by atoms with Gasteiger partial charge in [-0.3, -0.25) is 4.98 Å². The standard InChI is InChI=1S/C16H21N3O3S/c1-11-9-18-15-13(5-4-6-14(15)22-3)16(11)19-8-7-12(10-19)23(20,21)17-2/h4-6,9,12,17H,7-8,10H2,1-3H3. The van der Waals surface area contributed by atoms with Gasteiger partial charge in [0.05, 0.1) is 18.0 Å². The van der Waals surface area contributed by atoms with Crippen molar-refractivity contribution in [3.63, 3.8) is 0 Å². The van der Waals surface area contributed by atoms with Gasteiger partial charge in [0, 0.05) is 24.7 Å². The summed E-state index contributed by atoms with van der Waals surface area (Å²) in [4.78, 5) is 6.62. The van der Waals surface area contributed by atoms with E-state index >= 15 is 0 Å². The summed E-state index contributed by atoms with van der Waals surface area (Å²) in [6.07, 6.45) is 2.44. The van der Waals surface area contributed by atoms with Crippen LogP contribution in [0.25, 0.3) is 10.9 Å². The molecule has 6 nitrogen and oxygen atoms in total. The Balaban J connectivity index is 2.06. The topological polar surface area (TPSA) is 71.5 Å². The molecule has 2 heterocycles. The van der Waals surface area contributed by atoms with Crippen LogP contribution in [-0.4, -0.2) is 45.9 Å². The molecule has 1 aliphatic heterocycles. The lowest BCUT2D eigenvalue weighted by Crippen LogP contribution is -2.34. The quantitative estimate of drug-likeness (QED) is 0.920. The Hall–Kier alpha value is -1.86. The Kier molecular flexibility index (Phi) is 4.16. The average Bonchev–Trinajstić information content (AvgIpc) is 3.04. The van der Waals surface area contributed by atoms with Crippen molar-refractivity contribution in [2.24, 2.45) is 0 Å². The van der Waals surface area contributed by atoms with E-state index < -0.39 is 10.0 Å². The zero-order chi connectivity index (χ0) is 16.6. The van der Waals surface area contributed by atoms with Crippen LogP contribution < -0.4 is 14.4 Å². The van der Waals surface area contributed by atoms with E-state index in [-0.39, 0.29) is 5.25 Å². The molecule has 2 aromatic rings. The van der Waals surface area contributed by atoms with Gasteiger partial charge >= 0.3 is 0 Å². The molecule has 1 fully saturated rings. The molecule has 1 atom stereocenters. The van der Waals surface area contributed by atoms with Crippen molar-refractivity contribution in [3.05, 3.63) is 30.0 Å². The van der Waals surface area contributed by atoms with Crippen LogP contribution in [0.15, 0.2) is 24.4 Å². The number of rotatable bonds is 4. The Bertz CT molecular complexity index is 836. The number of pyridine rings is 1.